The van der Waals surface area contributed by atoms with Crippen LogP contribution in [-0.2, 0) is 21.0 Å². The normalized spacial score (nSPS) is 14.1. The number of sulfonamides is 1. The third-order valence-electron chi connectivity index (χ3n) is 2.90. The van der Waals surface area contributed by atoms with Crippen LogP contribution in [0.3, 0.4) is 0 Å². The Morgan fingerprint density at radius 2 is 1.95 bits per heavy atom. The molecule has 0 aliphatic heterocycles. The van der Waals surface area contributed by atoms with Gasteiger partial charge >= 0.3 is 12.1 Å². The van der Waals surface area contributed by atoms with E-state index in [1.165, 1.54) is 6.92 Å². The van der Waals surface area contributed by atoms with E-state index in [-0.39, 0.29) is 5.02 Å². The van der Waals surface area contributed by atoms with Crippen LogP contribution in [-0.4, -0.2) is 37.4 Å². The van der Waals surface area contributed by atoms with E-state index in [9.17, 15) is 26.4 Å². The zero-order valence-electron chi connectivity index (χ0n) is 11.6. The topological polar surface area (TPSA) is 74.7 Å². The van der Waals surface area contributed by atoms with Crippen LogP contribution in [0.4, 0.5) is 13.2 Å². The first kappa shape index (κ1) is 18.7. The van der Waals surface area contributed by atoms with E-state index in [1.807, 2.05) is 0 Å². The smallest absolute Gasteiger partial charge is 0.416 e. The Bertz CT molecular complexity index is 675. The number of nitrogens with zero attached hydrogens (tertiary/aromatic N) is 1. The molecular formula is C12H13ClF3NO4S. The number of hydrogen-bond donors (Lipinski definition) is 1. The Hall–Kier alpha value is -1.32. The Labute approximate surface area is 130 Å². The molecule has 10 heteroatoms. The molecule has 5 nitrogen and oxygen atoms in total. The average Bonchev–Trinajstić information content (AvgIpc) is 2.37. The summed E-state index contributed by atoms with van der Waals surface area (Å²) in [7, 11) is -3.27. The predicted octanol–water partition coefficient (Wildman–Crippen LogP) is 2.70. The second kappa shape index (κ2) is 6.43. The average molecular weight is 360 g/mol. The molecule has 0 spiro atoms. The molecule has 0 saturated heterocycles. The maximum absolute atomic E-state index is 12.7. The van der Waals surface area contributed by atoms with Gasteiger partial charge < -0.3 is 5.11 Å². The lowest BCUT2D eigenvalue weighted by molar-refractivity contribution is -0.141. The second-order valence-corrected chi connectivity index (χ2v) is 7.09. The molecule has 0 aliphatic rings. The number of carboxylic acids is 1. The first-order chi connectivity index (χ1) is 9.87. The molecule has 1 rings (SSSR count). The standard InChI is InChI=1S/C12H13ClF3NO4S/c1-7(11(18)19)6-17(2)22(20,21)10-5-8(12(14,15)16)3-4-9(10)13/h3-5,7H,6H2,1-2H3,(H,18,19). The van der Waals surface area contributed by atoms with Gasteiger partial charge in [-0.15, -0.1) is 0 Å². The first-order valence-electron chi connectivity index (χ1n) is 5.93. The van der Waals surface area contributed by atoms with Gasteiger partial charge in [-0.3, -0.25) is 4.79 Å². The monoisotopic (exact) mass is 359 g/mol. The summed E-state index contributed by atoms with van der Waals surface area (Å²) in [6, 6.07) is 1.94. The maximum atomic E-state index is 12.7. The van der Waals surface area contributed by atoms with E-state index < -0.39 is 45.1 Å². The summed E-state index contributed by atoms with van der Waals surface area (Å²) < 4.78 is 63.2. The summed E-state index contributed by atoms with van der Waals surface area (Å²) >= 11 is 5.68. The van der Waals surface area contributed by atoms with Gasteiger partial charge in [-0.25, -0.2) is 12.7 Å². The lowest BCUT2D eigenvalue weighted by Gasteiger charge is -2.20. The molecule has 0 heterocycles. The molecule has 0 fully saturated rings. The molecule has 0 saturated carbocycles. The van der Waals surface area contributed by atoms with E-state index in [4.69, 9.17) is 16.7 Å². The zero-order valence-corrected chi connectivity index (χ0v) is 13.1. The van der Waals surface area contributed by atoms with Crippen LogP contribution in [0.15, 0.2) is 23.1 Å². The van der Waals surface area contributed by atoms with E-state index in [2.05, 4.69) is 0 Å². The Morgan fingerprint density at radius 3 is 2.41 bits per heavy atom. The number of benzene rings is 1. The summed E-state index contributed by atoms with van der Waals surface area (Å²) in [5, 5.41) is 8.40. The quantitative estimate of drug-likeness (QED) is 0.877. The van der Waals surface area contributed by atoms with Crippen LogP contribution in [0.5, 0.6) is 0 Å². The van der Waals surface area contributed by atoms with Gasteiger partial charge in [0.15, 0.2) is 0 Å². The van der Waals surface area contributed by atoms with Gasteiger partial charge in [0.05, 0.1) is 16.5 Å². The van der Waals surface area contributed by atoms with Gasteiger partial charge in [-0.2, -0.15) is 13.2 Å². The van der Waals surface area contributed by atoms with Crippen molar-refractivity contribution in [1.29, 1.82) is 0 Å². The molecular weight excluding hydrogens is 347 g/mol. The molecule has 1 aromatic carbocycles. The highest BCUT2D eigenvalue weighted by Gasteiger charge is 2.34. The van der Waals surface area contributed by atoms with Crippen LogP contribution in [0.2, 0.25) is 5.02 Å². The fourth-order valence-electron chi connectivity index (χ4n) is 1.61. The third kappa shape index (κ3) is 4.11. The summed E-state index contributed by atoms with van der Waals surface area (Å²) in [6.07, 6.45) is -4.72. The van der Waals surface area contributed by atoms with Crippen LogP contribution in [0.1, 0.15) is 12.5 Å². The Balaban J connectivity index is 3.25. The lowest BCUT2D eigenvalue weighted by Crippen LogP contribution is -2.34. The minimum Gasteiger partial charge on any atom is -0.481 e. The summed E-state index contributed by atoms with van der Waals surface area (Å²) in [4.78, 5) is 10.0. The number of rotatable bonds is 5. The molecule has 22 heavy (non-hydrogen) atoms. The van der Waals surface area contributed by atoms with Gasteiger partial charge in [0.2, 0.25) is 10.0 Å². The van der Waals surface area contributed by atoms with Gasteiger partial charge in [-0.05, 0) is 18.2 Å². The highest BCUT2D eigenvalue weighted by molar-refractivity contribution is 7.89. The lowest BCUT2D eigenvalue weighted by atomic mass is 10.2. The number of hydrogen-bond acceptors (Lipinski definition) is 3. The molecule has 0 aromatic heterocycles. The fraction of sp³-hybridized carbons (Fsp3) is 0.417. The third-order valence-corrected chi connectivity index (χ3v) is 5.20. The van der Waals surface area contributed by atoms with Crippen molar-refractivity contribution in [3.8, 4) is 0 Å². The number of aliphatic carboxylic acids is 1. The van der Waals surface area contributed by atoms with Crippen molar-refractivity contribution >= 4 is 27.6 Å². The van der Waals surface area contributed by atoms with Gasteiger partial charge in [0.25, 0.3) is 0 Å². The Kier molecular flexibility index (Phi) is 5.47. The highest BCUT2D eigenvalue weighted by atomic mass is 35.5. The summed E-state index contributed by atoms with van der Waals surface area (Å²) in [5.41, 5.74) is -1.16. The maximum Gasteiger partial charge on any atom is 0.416 e. The van der Waals surface area contributed by atoms with E-state index in [1.54, 1.807) is 0 Å². The largest absolute Gasteiger partial charge is 0.481 e. The van der Waals surface area contributed by atoms with Crippen molar-refractivity contribution in [3.05, 3.63) is 28.8 Å². The molecule has 0 aliphatic carbocycles. The summed E-state index contributed by atoms with van der Waals surface area (Å²) in [6.45, 7) is 0.881. The van der Waals surface area contributed by atoms with Crippen molar-refractivity contribution in [3.63, 3.8) is 0 Å². The number of alkyl halides is 3. The Morgan fingerprint density at radius 1 is 1.41 bits per heavy atom. The van der Waals surface area contributed by atoms with Crippen molar-refractivity contribution in [2.45, 2.75) is 18.0 Å². The number of carboxylic acid groups (broad SMARTS) is 1. The second-order valence-electron chi connectivity index (χ2n) is 4.67. The van der Waals surface area contributed by atoms with Crippen LogP contribution < -0.4 is 0 Å². The first-order valence-corrected chi connectivity index (χ1v) is 7.75. The molecule has 1 aromatic rings. The zero-order chi connectivity index (χ0) is 17.3. The van der Waals surface area contributed by atoms with Gasteiger partial charge in [-0.1, -0.05) is 18.5 Å². The van der Waals surface area contributed by atoms with E-state index in [0.717, 1.165) is 13.1 Å². The van der Waals surface area contributed by atoms with Gasteiger partial charge in [0.1, 0.15) is 4.90 Å². The van der Waals surface area contributed by atoms with Crippen molar-refractivity contribution in [1.82, 2.24) is 4.31 Å². The number of carbonyl (C=O) groups is 1. The fourth-order valence-corrected chi connectivity index (χ4v) is 3.36. The van der Waals surface area contributed by atoms with Crippen LogP contribution in [0.25, 0.3) is 0 Å². The molecule has 124 valence electrons. The minimum atomic E-state index is -4.72. The van der Waals surface area contributed by atoms with E-state index >= 15 is 0 Å². The van der Waals surface area contributed by atoms with E-state index in [0.29, 0.717) is 16.4 Å². The van der Waals surface area contributed by atoms with Crippen LogP contribution >= 0.6 is 11.6 Å². The van der Waals surface area contributed by atoms with Crippen molar-refractivity contribution in [2.24, 2.45) is 5.92 Å². The molecule has 0 amide bonds. The highest BCUT2D eigenvalue weighted by Crippen LogP contribution is 2.34. The van der Waals surface area contributed by atoms with Crippen LogP contribution in [0, 0.1) is 5.92 Å². The van der Waals surface area contributed by atoms with Crippen molar-refractivity contribution in [2.75, 3.05) is 13.6 Å². The summed E-state index contributed by atoms with van der Waals surface area (Å²) in [5.74, 6) is -2.25. The van der Waals surface area contributed by atoms with Crippen molar-refractivity contribution < 1.29 is 31.5 Å². The molecule has 0 radical (unpaired) electrons. The SMILES string of the molecule is CC(CN(C)S(=O)(=O)c1cc(C(F)(F)F)ccc1Cl)C(=O)O. The molecule has 1 unspecified atom stereocenters. The molecule has 1 N–H and O–H groups in total. The van der Waals surface area contributed by atoms with Gasteiger partial charge in [0, 0.05) is 13.6 Å². The number of halogens is 4. The molecule has 0 bridgehead atoms. The molecule has 1 atom stereocenters. The predicted molar refractivity (Wildman–Crippen MR) is 73.1 cm³/mol. The minimum absolute atomic E-state index is 0.372.